The van der Waals surface area contributed by atoms with Crippen LogP contribution in [0, 0.1) is 13.8 Å². The molecule has 0 heterocycles. The summed E-state index contributed by atoms with van der Waals surface area (Å²) in [5.41, 5.74) is 1.96. The number of hydrogen-bond acceptors (Lipinski definition) is 3. The first-order chi connectivity index (χ1) is 11.3. The zero-order valence-corrected chi connectivity index (χ0v) is 14.1. The Labute approximate surface area is 141 Å². The number of anilines is 1. The van der Waals surface area contributed by atoms with Gasteiger partial charge in [-0.2, -0.15) is 0 Å². The Bertz CT molecular complexity index is 740. The molecular weight excluding hydrogens is 304 g/mol. The molecule has 2 aromatic carbocycles. The molecule has 0 saturated heterocycles. The zero-order valence-electron chi connectivity index (χ0n) is 14.1. The molecule has 126 valence electrons. The molecule has 5 nitrogen and oxygen atoms in total. The van der Waals surface area contributed by atoms with Gasteiger partial charge in [0, 0.05) is 5.69 Å². The van der Waals surface area contributed by atoms with Crippen LogP contribution >= 0.6 is 0 Å². The van der Waals surface area contributed by atoms with E-state index in [9.17, 15) is 14.7 Å². The summed E-state index contributed by atoms with van der Waals surface area (Å²) < 4.78 is 0. The molecule has 0 aliphatic rings. The van der Waals surface area contributed by atoms with Crippen molar-refractivity contribution in [1.82, 2.24) is 5.32 Å². The molecule has 2 rings (SSSR count). The van der Waals surface area contributed by atoms with Crippen molar-refractivity contribution in [2.45, 2.75) is 26.4 Å². The van der Waals surface area contributed by atoms with Gasteiger partial charge in [0.15, 0.2) is 0 Å². The van der Waals surface area contributed by atoms with Crippen molar-refractivity contribution in [1.29, 1.82) is 0 Å². The molecule has 1 unspecified atom stereocenters. The molecule has 0 aliphatic heterocycles. The third-order valence-electron chi connectivity index (χ3n) is 4.05. The summed E-state index contributed by atoms with van der Waals surface area (Å²) in [6.07, 6.45) is 0. The molecule has 0 bridgehead atoms. The first kappa shape index (κ1) is 17.7. The Morgan fingerprint density at radius 1 is 1.00 bits per heavy atom. The lowest BCUT2D eigenvalue weighted by molar-refractivity contribution is -0.136. The molecule has 0 aromatic heterocycles. The van der Waals surface area contributed by atoms with Gasteiger partial charge in [-0.1, -0.05) is 42.5 Å². The van der Waals surface area contributed by atoms with Crippen LogP contribution in [0.15, 0.2) is 48.5 Å². The Morgan fingerprint density at radius 3 is 2.33 bits per heavy atom. The Morgan fingerprint density at radius 2 is 1.67 bits per heavy atom. The highest BCUT2D eigenvalue weighted by molar-refractivity contribution is 6.39. The van der Waals surface area contributed by atoms with E-state index in [0.717, 1.165) is 11.1 Å². The quantitative estimate of drug-likeness (QED) is 0.754. The van der Waals surface area contributed by atoms with E-state index < -0.39 is 17.4 Å². The Kier molecular flexibility index (Phi) is 5.36. The predicted molar refractivity (Wildman–Crippen MR) is 93.6 cm³/mol. The molecule has 0 aliphatic carbocycles. The number of nitrogens with one attached hydrogen (secondary N) is 2. The van der Waals surface area contributed by atoms with E-state index in [1.807, 2.05) is 32.0 Å². The lowest BCUT2D eigenvalue weighted by atomic mass is 9.96. The van der Waals surface area contributed by atoms with Crippen LogP contribution in [0.3, 0.4) is 0 Å². The van der Waals surface area contributed by atoms with Crippen molar-refractivity contribution in [2.24, 2.45) is 0 Å². The van der Waals surface area contributed by atoms with E-state index in [0.29, 0.717) is 11.3 Å². The largest absolute Gasteiger partial charge is 0.384 e. The fourth-order valence-corrected chi connectivity index (χ4v) is 2.30. The molecule has 3 N–H and O–H groups in total. The molecular formula is C19H22N2O3. The van der Waals surface area contributed by atoms with E-state index in [-0.39, 0.29) is 6.54 Å². The number of benzene rings is 2. The van der Waals surface area contributed by atoms with Crippen molar-refractivity contribution in [3.8, 4) is 0 Å². The van der Waals surface area contributed by atoms with Crippen LogP contribution in [0.1, 0.15) is 23.6 Å². The molecule has 0 radical (unpaired) electrons. The van der Waals surface area contributed by atoms with Gasteiger partial charge < -0.3 is 15.7 Å². The number of hydrogen-bond donors (Lipinski definition) is 3. The average molecular weight is 326 g/mol. The van der Waals surface area contributed by atoms with Gasteiger partial charge in [0.1, 0.15) is 5.60 Å². The van der Waals surface area contributed by atoms with E-state index >= 15 is 0 Å². The highest BCUT2D eigenvalue weighted by Crippen LogP contribution is 2.19. The summed E-state index contributed by atoms with van der Waals surface area (Å²) in [7, 11) is 0. The molecule has 0 saturated carbocycles. The fraction of sp³-hybridized carbons (Fsp3) is 0.263. The van der Waals surface area contributed by atoms with Crippen LogP contribution < -0.4 is 10.6 Å². The van der Waals surface area contributed by atoms with Gasteiger partial charge >= 0.3 is 11.8 Å². The van der Waals surface area contributed by atoms with Gasteiger partial charge in [0.25, 0.3) is 0 Å². The van der Waals surface area contributed by atoms with Crippen molar-refractivity contribution in [3.05, 3.63) is 65.2 Å². The number of carbonyl (C=O) groups excluding carboxylic acids is 2. The van der Waals surface area contributed by atoms with Crippen molar-refractivity contribution < 1.29 is 14.7 Å². The van der Waals surface area contributed by atoms with Crippen molar-refractivity contribution in [2.75, 3.05) is 11.9 Å². The third-order valence-corrected chi connectivity index (χ3v) is 4.05. The van der Waals surface area contributed by atoms with Crippen LogP contribution in [0.2, 0.25) is 0 Å². The second kappa shape index (κ2) is 7.27. The minimum Gasteiger partial charge on any atom is -0.384 e. The zero-order chi connectivity index (χ0) is 17.7. The van der Waals surface area contributed by atoms with Gasteiger partial charge in [-0.3, -0.25) is 9.59 Å². The maximum Gasteiger partial charge on any atom is 0.313 e. The maximum absolute atomic E-state index is 12.0. The lowest BCUT2D eigenvalue weighted by Crippen LogP contribution is -2.43. The van der Waals surface area contributed by atoms with E-state index in [1.165, 1.54) is 0 Å². The summed E-state index contributed by atoms with van der Waals surface area (Å²) in [5.74, 6) is -1.54. The third kappa shape index (κ3) is 4.20. The highest BCUT2D eigenvalue weighted by Gasteiger charge is 2.25. The van der Waals surface area contributed by atoms with Crippen LogP contribution in [0.5, 0.6) is 0 Å². The average Bonchev–Trinajstić information content (AvgIpc) is 2.57. The number of amides is 2. The summed E-state index contributed by atoms with van der Waals surface area (Å²) in [6, 6.07) is 14.5. The molecule has 0 spiro atoms. The van der Waals surface area contributed by atoms with Crippen LogP contribution in [-0.2, 0) is 15.2 Å². The molecule has 5 heteroatoms. The SMILES string of the molecule is Cc1cccc(NC(=O)C(=O)NCC(C)(O)c2ccccc2)c1C. The fourth-order valence-electron chi connectivity index (χ4n) is 2.30. The highest BCUT2D eigenvalue weighted by atomic mass is 16.3. The smallest absolute Gasteiger partial charge is 0.313 e. The van der Waals surface area contributed by atoms with Gasteiger partial charge in [0.05, 0.1) is 6.54 Å². The standard InChI is InChI=1S/C19H22N2O3/c1-13-8-7-11-16(14(13)2)21-18(23)17(22)20-12-19(3,24)15-9-5-4-6-10-15/h4-11,24H,12H2,1-3H3,(H,20,22)(H,21,23). The monoisotopic (exact) mass is 326 g/mol. The first-order valence-corrected chi connectivity index (χ1v) is 7.74. The van der Waals surface area contributed by atoms with Crippen molar-refractivity contribution in [3.63, 3.8) is 0 Å². The number of aryl methyl sites for hydroxylation is 1. The van der Waals surface area contributed by atoms with Crippen LogP contribution in [0.25, 0.3) is 0 Å². The van der Waals surface area contributed by atoms with E-state index in [2.05, 4.69) is 10.6 Å². The van der Waals surface area contributed by atoms with Crippen LogP contribution in [0.4, 0.5) is 5.69 Å². The lowest BCUT2D eigenvalue weighted by Gasteiger charge is -2.24. The topological polar surface area (TPSA) is 78.4 Å². The van der Waals surface area contributed by atoms with E-state index in [1.54, 1.807) is 37.3 Å². The van der Waals surface area contributed by atoms with Gasteiger partial charge in [-0.25, -0.2) is 0 Å². The molecule has 1 atom stereocenters. The van der Waals surface area contributed by atoms with Crippen molar-refractivity contribution >= 4 is 17.5 Å². The summed E-state index contributed by atoms with van der Waals surface area (Å²) >= 11 is 0. The summed E-state index contributed by atoms with van der Waals surface area (Å²) in [5, 5.41) is 15.5. The number of rotatable bonds is 4. The second-order valence-electron chi connectivity index (χ2n) is 6.02. The normalized spacial score (nSPS) is 13.0. The second-order valence-corrected chi connectivity index (χ2v) is 6.02. The number of aliphatic hydroxyl groups is 1. The number of carbonyl (C=O) groups is 2. The predicted octanol–water partition coefficient (Wildman–Crippen LogP) is 2.27. The maximum atomic E-state index is 12.0. The van der Waals surface area contributed by atoms with Gasteiger partial charge in [-0.05, 0) is 43.5 Å². The summed E-state index contributed by atoms with van der Waals surface area (Å²) in [4.78, 5) is 24.0. The molecule has 2 amide bonds. The minimum absolute atomic E-state index is 0.0595. The van der Waals surface area contributed by atoms with Crippen LogP contribution in [-0.4, -0.2) is 23.5 Å². The first-order valence-electron chi connectivity index (χ1n) is 7.74. The van der Waals surface area contributed by atoms with Gasteiger partial charge in [-0.15, -0.1) is 0 Å². The molecule has 2 aromatic rings. The van der Waals surface area contributed by atoms with Gasteiger partial charge in [0.2, 0.25) is 0 Å². The molecule has 24 heavy (non-hydrogen) atoms. The minimum atomic E-state index is -1.25. The summed E-state index contributed by atoms with van der Waals surface area (Å²) in [6.45, 7) is 5.34. The Balaban J connectivity index is 1.97. The molecule has 0 fully saturated rings. The Hall–Kier alpha value is -2.66. The van der Waals surface area contributed by atoms with E-state index in [4.69, 9.17) is 0 Å².